The van der Waals surface area contributed by atoms with Gasteiger partial charge in [-0.25, -0.2) is 4.90 Å². The number of anilines is 1. The summed E-state index contributed by atoms with van der Waals surface area (Å²) in [5.74, 6) is -1.71. The summed E-state index contributed by atoms with van der Waals surface area (Å²) in [4.78, 5) is 35.7. The molecule has 0 aromatic heterocycles. The SMILES string of the molecule is CCC(=O)N1C(=O)c2cccc(N)c2C1=O. The number of carbonyl (C=O) groups is 3. The molecule has 1 aliphatic rings. The lowest BCUT2D eigenvalue weighted by Gasteiger charge is -2.09. The number of nitrogens with two attached hydrogens (primary N) is 1. The molecule has 1 aromatic carbocycles. The Morgan fingerprint density at radius 1 is 1.31 bits per heavy atom. The van der Waals surface area contributed by atoms with Gasteiger partial charge in [-0.15, -0.1) is 0 Å². The van der Waals surface area contributed by atoms with Crippen LogP contribution in [0.3, 0.4) is 0 Å². The summed E-state index contributed by atoms with van der Waals surface area (Å²) >= 11 is 0. The van der Waals surface area contributed by atoms with Crippen LogP contribution in [0.15, 0.2) is 18.2 Å². The number of hydrogen-bond donors (Lipinski definition) is 1. The highest BCUT2D eigenvalue weighted by atomic mass is 16.2. The lowest BCUT2D eigenvalue weighted by molar-refractivity contribution is -0.125. The van der Waals surface area contributed by atoms with Crippen molar-refractivity contribution < 1.29 is 14.4 Å². The van der Waals surface area contributed by atoms with Gasteiger partial charge in [0.15, 0.2) is 0 Å². The first-order chi connectivity index (χ1) is 7.57. The molecular weight excluding hydrogens is 208 g/mol. The van der Waals surface area contributed by atoms with Gasteiger partial charge in [0.1, 0.15) is 0 Å². The van der Waals surface area contributed by atoms with Gasteiger partial charge in [0.2, 0.25) is 5.91 Å². The zero-order valence-corrected chi connectivity index (χ0v) is 8.69. The monoisotopic (exact) mass is 218 g/mol. The Kier molecular flexibility index (Phi) is 2.23. The Morgan fingerprint density at radius 2 is 2.00 bits per heavy atom. The number of carbonyl (C=O) groups excluding carboxylic acids is 3. The average molecular weight is 218 g/mol. The van der Waals surface area contributed by atoms with Gasteiger partial charge in [-0.1, -0.05) is 13.0 Å². The quantitative estimate of drug-likeness (QED) is 0.558. The van der Waals surface area contributed by atoms with Crippen molar-refractivity contribution in [2.75, 3.05) is 5.73 Å². The van der Waals surface area contributed by atoms with Crippen molar-refractivity contribution in [2.24, 2.45) is 0 Å². The standard InChI is InChI=1S/C11H10N2O3/c1-2-8(14)13-10(15)6-4-3-5-7(12)9(6)11(13)16/h3-5H,2,12H2,1H3. The molecular formula is C11H10N2O3. The van der Waals surface area contributed by atoms with Gasteiger partial charge in [0, 0.05) is 12.1 Å². The Labute approximate surface area is 91.8 Å². The number of imide groups is 3. The number of benzene rings is 1. The number of amides is 3. The predicted octanol–water partition coefficient (Wildman–Crippen LogP) is 0.801. The minimum absolute atomic E-state index is 0.103. The van der Waals surface area contributed by atoms with Crippen LogP contribution >= 0.6 is 0 Å². The summed E-state index contributed by atoms with van der Waals surface area (Å²) in [5, 5.41) is 0. The molecule has 3 amide bonds. The van der Waals surface area contributed by atoms with Crippen molar-refractivity contribution in [1.82, 2.24) is 4.90 Å². The first kappa shape index (κ1) is 10.4. The zero-order valence-electron chi connectivity index (χ0n) is 8.69. The molecule has 2 N–H and O–H groups in total. The Balaban J connectivity index is 2.57. The molecule has 5 heteroatoms. The van der Waals surface area contributed by atoms with E-state index < -0.39 is 17.7 Å². The summed E-state index contributed by atoms with van der Waals surface area (Å²) in [5.41, 5.74) is 6.18. The van der Waals surface area contributed by atoms with E-state index in [0.29, 0.717) is 4.90 Å². The van der Waals surface area contributed by atoms with E-state index in [1.54, 1.807) is 13.0 Å². The second-order valence-corrected chi connectivity index (χ2v) is 3.46. The number of rotatable bonds is 1. The van der Waals surface area contributed by atoms with Crippen LogP contribution in [-0.4, -0.2) is 22.6 Å². The molecule has 16 heavy (non-hydrogen) atoms. The van der Waals surface area contributed by atoms with E-state index in [1.165, 1.54) is 12.1 Å². The third-order valence-electron chi connectivity index (χ3n) is 2.50. The van der Waals surface area contributed by atoms with Gasteiger partial charge in [0.25, 0.3) is 11.8 Å². The van der Waals surface area contributed by atoms with E-state index >= 15 is 0 Å². The van der Waals surface area contributed by atoms with Crippen molar-refractivity contribution in [3.63, 3.8) is 0 Å². The second-order valence-electron chi connectivity index (χ2n) is 3.46. The molecule has 0 radical (unpaired) electrons. The number of hydrogen-bond acceptors (Lipinski definition) is 4. The molecule has 0 saturated heterocycles. The third-order valence-corrected chi connectivity index (χ3v) is 2.50. The summed E-state index contributed by atoms with van der Waals surface area (Å²) in [6.45, 7) is 1.59. The van der Waals surface area contributed by atoms with Crippen LogP contribution in [-0.2, 0) is 4.79 Å². The fraction of sp³-hybridized carbons (Fsp3) is 0.182. The first-order valence-corrected chi connectivity index (χ1v) is 4.88. The van der Waals surface area contributed by atoms with E-state index in [4.69, 9.17) is 5.73 Å². The van der Waals surface area contributed by atoms with E-state index in [9.17, 15) is 14.4 Å². The molecule has 2 rings (SSSR count). The Hall–Kier alpha value is -2.17. The maximum absolute atomic E-state index is 11.8. The Morgan fingerprint density at radius 3 is 2.56 bits per heavy atom. The third kappa shape index (κ3) is 1.21. The summed E-state index contributed by atoms with van der Waals surface area (Å²) in [6, 6.07) is 4.61. The highest BCUT2D eigenvalue weighted by molar-refractivity contribution is 6.30. The van der Waals surface area contributed by atoms with E-state index in [2.05, 4.69) is 0 Å². The average Bonchev–Trinajstić information content (AvgIpc) is 2.52. The number of fused-ring (bicyclic) bond motifs is 1. The topological polar surface area (TPSA) is 80.5 Å². The molecule has 0 aliphatic carbocycles. The second kappa shape index (κ2) is 3.44. The maximum atomic E-state index is 11.8. The van der Waals surface area contributed by atoms with Crippen LogP contribution < -0.4 is 5.73 Å². The highest BCUT2D eigenvalue weighted by Gasteiger charge is 2.40. The number of nitrogen functional groups attached to an aromatic ring is 1. The largest absolute Gasteiger partial charge is 0.398 e. The van der Waals surface area contributed by atoms with Crippen LogP contribution in [0, 0.1) is 0 Å². The predicted molar refractivity (Wildman–Crippen MR) is 56.7 cm³/mol. The van der Waals surface area contributed by atoms with Crippen molar-refractivity contribution in [3.05, 3.63) is 29.3 Å². The molecule has 0 spiro atoms. The van der Waals surface area contributed by atoms with Crippen molar-refractivity contribution in [1.29, 1.82) is 0 Å². The molecule has 1 aromatic rings. The van der Waals surface area contributed by atoms with Crippen LogP contribution in [0.2, 0.25) is 0 Å². The smallest absolute Gasteiger partial charge is 0.270 e. The highest BCUT2D eigenvalue weighted by Crippen LogP contribution is 2.27. The van der Waals surface area contributed by atoms with Crippen LogP contribution in [0.25, 0.3) is 0 Å². The van der Waals surface area contributed by atoms with E-state index in [0.717, 1.165) is 0 Å². The van der Waals surface area contributed by atoms with Crippen LogP contribution in [0.5, 0.6) is 0 Å². The summed E-state index contributed by atoms with van der Waals surface area (Å²) in [7, 11) is 0. The zero-order chi connectivity index (χ0) is 11.9. The molecule has 82 valence electrons. The molecule has 0 saturated carbocycles. The molecule has 0 atom stereocenters. The van der Waals surface area contributed by atoms with Gasteiger partial charge < -0.3 is 5.73 Å². The fourth-order valence-corrected chi connectivity index (χ4v) is 1.70. The summed E-state index contributed by atoms with van der Waals surface area (Å²) in [6.07, 6.45) is 0.103. The molecule has 1 aliphatic heterocycles. The van der Waals surface area contributed by atoms with Crippen LogP contribution in [0.1, 0.15) is 34.1 Å². The van der Waals surface area contributed by atoms with Crippen molar-refractivity contribution >= 4 is 23.4 Å². The van der Waals surface area contributed by atoms with Gasteiger partial charge in [-0.3, -0.25) is 14.4 Å². The summed E-state index contributed by atoms with van der Waals surface area (Å²) < 4.78 is 0. The fourth-order valence-electron chi connectivity index (χ4n) is 1.70. The first-order valence-electron chi connectivity index (χ1n) is 4.88. The Bertz CT molecular complexity index is 508. The molecule has 1 heterocycles. The lowest BCUT2D eigenvalue weighted by Crippen LogP contribution is -2.35. The maximum Gasteiger partial charge on any atom is 0.270 e. The minimum atomic E-state index is -0.620. The van der Waals surface area contributed by atoms with Crippen molar-refractivity contribution in [2.45, 2.75) is 13.3 Å². The van der Waals surface area contributed by atoms with Crippen LogP contribution in [0.4, 0.5) is 5.69 Å². The van der Waals surface area contributed by atoms with E-state index in [-0.39, 0.29) is 23.2 Å². The molecule has 5 nitrogen and oxygen atoms in total. The van der Waals surface area contributed by atoms with Gasteiger partial charge in [0.05, 0.1) is 11.1 Å². The molecule has 0 unspecified atom stereocenters. The van der Waals surface area contributed by atoms with Gasteiger partial charge >= 0.3 is 0 Å². The van der Waals surface area contributed by atoms with Gasteiger partial charge in [-0.05, 0) is 12.1 Å². The van der Waals surface area contributed by atoms with Crippen molar-refractivity contribution in [3.8, 4) is 0 Å². The molecule has 0 bridgehead atoms. The van der Waals surface area contributed by atoms with Gasteiger partial charge in [-0.2, -0.15) is 0 Å². The number of nitrogens with zero attached hydrogens (tertiary/aromatic N) is 1. The normalized spacial score (nSPS) is 14.2. The molecule has 0 fully saturated rings. The van der Waals surface area contributed by atoms with E-state index in [1.807, 2.05) is 0 Å². The minimum Gasteiger partial charge on any atom is -0.398 e. The lowest BCUT2D eigenvalue weighted by atomic mass is 10.1.